The van der Waals surface area contributed by atoms with E-state index in [9.17, 15) is 19.2 Å². The zero-order valence-corrected chi connectivity index (χ0v) is 15.3. The lowest BCUT2D eigenvalue weighted by Gasteiger charge is -2.29. The number of hydrogen-bond donors (Lipinski definition) is 2. The third-order valence-electron chi connectivity index (χ3n) is 5.62. The standard InChI is InChI=1S/C19H22N4O4/c1-11-9-15(24)20-13-5-3-4-6-14(13)23(11)16(25)10-22-17(26)19(2,12-7-8-12)21-18(22)27/h3-6,11-12H,7-10H2,1-2H3,(H,20,24)(H,21,27). The molecule has 2 unspecified atom stereocenters. The lowest BCUT2D eigenvalue weighted by atomic mass is 9.96. The highest BCUT2D eigenvalue weighted by Crippen LogP contribution is 2.42. The van der Waals surface area contributed by atoms with Gasteiger partial charge in [-0.2, -0.15) is 0 Å². The second-order valence-corrected chi connectivity index (χ2v) is 7.68. The number of urea groups is 1. The highest BCUT2D eigenvalue weighted by Gasteiger charge is 2.56. The van der Waals surface area contributed by atoms with Crippen molar-refractivity contribution in [2.75, 3.05) is 16.8 Å². The number of nitrogens with one attached hydrogen (secondary N) is 2. The van der Waals surface area contributed by atoms with Crippen LogP contribution in [0, 0.1) is 5.92 Å². The molecule has 2 atom stereocenters. The predicted octanol–water partition coefficient (Wildman–Crippen LogP) is 1.47. The SMILES string of the molecule is CC1CC(=O)Nc2ccccc2N1C(=O)CN1C(=O)NC(C)(C2CC2)C1=O. The van der Waals surface area contributed by atoms with Gasteiger partial charge in [-0.15, -0.1) is 0 Å². The number of benzene rings is 1. The molecule has 3 aliphatic rings. The largest absolute Gasteiger partial charge is 0.325 e. The zero-order chi connectivity index (χ0) is 19.3. The minimum atomic E-state index is -0.919. The van der Waals surface area contributed by atoms with Crippen LogP contribution in [0.15, 0.2) is 24.3 Å². The molecule has 2 N–H and O–H groups in total. The Hall–Kier alpha value is -2.90. The van der Waals surface area contributed by atoms with Crippen LogP contribution in [0.3, 0.4) is 0 Å². The van der Waals surface area contributed by atoms with E-state index in [1.54, 1.807) is 38.1 Å². The number of carbonyl (C=O) groups is 4. The van der Waals surface area contributed by atoms with E-state index in [0.717, 1.165) is 17.7 Å². The average Bonchev–Trinajstić information content (AvgIpc) is 3.43. The van der Waals surface area contributed by atoms with Crippen LogP contribution in [0.25, 0.3) is 0 Å². The molecule has 8 nitrogen and oxygen atoms in total. The van der Waals surface area contributed by atoms with Gasteiger partial charge in [-0.3, -0.25) is 19.3 Å². The van der Waals surface area contributed by atoms with Crippen molar-refractivity contribution in [3.8, 4) is 0 Å². The first kappa shape index (κ1) is 17.5. The van der Waals surface area contributed by atoms with Crippen LogP contribution in [0.2, 0.25) is 0 Å². The Bertz CT molecular complexity index is 850. The summed E-state index contributed by atoms with van der Waals surface area (Å²) in [5.41, 5.74) is 0.190. The van der Waals surface area contributed by atoms with Gasteiger partial charge in [0.05, 0.1) is 11.4 Å². The van der Waals surface area contributed by atoms with E-state index in [4.69, 9.17) is 0 Å². The lowest BCUT2D eigenvalue weighted by molar-refractivity contribution is -0.134. The molecule has 1 saturated carbocycles. The van der Waals surface area contributed by atoms with E-state index in [-0.39, 0.29) is 30.7 Å². The molecule has 5 amide bonds. The molecule has 2 heterocycles. The van der Waals surface area contributed by atoms with Crippen LogP contribution in [-0.2, 0) is 14.4 Å². The van der Waals surface area contributed by atoms with Crippen LogP contribution in [0.1, 0.15) is 33.1 Å². The highest BCUT2D eigenvalue weighted by molar-refractivity contribution is 6.12. The topological polar surface area (TPSA) is 98.8 Å². The number of fused-ring (bicyclic) bond motifs is 1. The third-order valence-corrected chi connectivity index (χ3v) is 5.62. The number of rotatable bonds is 3. The van der Waals surface area contributed by atoms with Gasteiger partial charge in [-0.25, -0.2) is 4.79 Å². The van der Waals surface area contributed by atoms with Gasteiger partial charge >= 0.3 is 6.03 Å². The van der Waals surface area contributed by atoms with E-state index in [0.29, 0.717) is 11.4 Å². The fraction of sp³-hybridized carbons (Fsp3) is 0.474. The van der Waals surface area contributed by atoms with Crippen LogP contribution in [-0.4, -0.2) is 46.8 Å². The monoisotopic (exact) mass is 370 g/mol. The van der Waals surface area contributed by atoms with E-state index >= 15 is 0 Å². The van der Waals surface area contributed by atoms with Gasteiger partial charge in [0.2, 0.25) is 11.8 Å². The average molecular weight is 370 g/mol. The maximum absolute atomic E-state index is 13.1. The molecule has 2 fully saturated rings. The normalized spacial score (nSPS) is 27.8. The molecular formula is C19H22N4O4. The fourth-order valence-electron chi connectivity index (χ4n) is 3.98. The number of imide groups is 1. The summed E-state index contributed by atoms with van der Waals surface area (Å²) in [6.45, 7) is 3.15. The van der Waals surface area contributed by atoms with Crippen molar-refractivity contribution in [1.82, 2.24) is 10.2 Å². The molecule has 0 spiro atoms. The first-order chi connectivity index (χ1) is 12.8. The van der Waals surface area contributed by atoms with Gasteiger partial charge in [-0.1, -0.05) is 12.1 Å². The molecule has 0 aromatic heterocycles. The Kier molecular flexibility index (Phi) is 3.94. The van der Waals surface area contributed by atoms with Crippen molar-refractivity contribution >= 4 is 35.1 Å². The summed E-state index contributed by atoms with van der Waals surface area (Å²) in [7, 11) is 0. The maximum Gasteiger partial charge on any atom is 0.325 e. The van der Waals surface area contributed by atoms with Crippen molar-refractivity contribution in [1.29, 1.82) is 0 Å². The van der Waals surface area contributed by atoms with Crippen LogP contribution < -0.4 is 15.5 Å². The van der Waals surface area contributed by atoms with Crippen molar-refractivity contribution in [2.24, 2.45) is 5.92 Å². The number of anilines is 2. The first-order valence-corrected chi connectivity index (χ1v) is 9.16. The Balaban J connectivity index is 1.60. The number of carbonyl (C=O) groups excluding carboxylic acids is 4. The number of amides is 5. The number of nitrogens with zero attached hydrogens (tertiary/aromatic N) is 2. The Morgan fingerprint density at radius 2 is 1.93 bits per heavy atom. The van der Waals surface area contributed by atoms with Gasteiger partial charge in [0.25, 0.3) is 5.91 Å². The molecular weight excluding hydrogens is 348 g/mol. The van der Waals surface area contributed by atoms with Crippen molar-refractivity contribution in [3.63, 3.8) is 0 Å². The van der Waals surface area contributed by atoms with E-state index in [1.165, 1.54) is 4.90 Å². The highest BCUT2D eigenvalue weighted by atomic mass is 16.2. The molecule has 1 aromatic rings. The molecule has 1 saturated heterocycles. The number of hydrogen-bond acceptors (Lipinski definition) is 4. The molecule has 0 radical (unpaired) electrons. The van der Waals surface area contributed by atoms with Gasteiger partial charge in [0.1, 0.15) is 12.1 Å². The molecule has 1 aromatic carbocycles. The molecule has 1 aliphatic carbocycles. The van der Waals surface area contributed by atoms with E-state index in [1.807, 2.05) is 0 Å². The molecule has 2 aliphatic heterocycles. The summed E-state index contributed by atoms with van der Waals surface area (Å²) < 4.78 is 0. The van der Waals surface area contributed by atoms with Crippen molar-refractivity contribution in [3.05, 3.63) is 24.3 Å². The summed E-state index contributed by atoms with van der Waals surface area (Å²) in [5.74, 6) is -0.793. The predicted molar refractivity (Wildman–Crippen MR) is 98.0 cm³/mol. The van der Waals surface area contributed by atoms with Crippen LogP contribution in [0.5, 0.6) is 0 Å². The minimum absolute atomic E-state index is 0.133. The summed E-state index contributed by atoms with van der Waals surface area (Å²) in [6, 6.07) is 6.10. The van der Waals surface area contributed by atoms with Gasteiger partial charge in [-0.05, 0) is 44.7 Å². The van der Waals surface area contributed by atoms with E-state index < -0.39 is 23.5 Å². The summed E-state index contributed by atoms with van der Waals surface area (Å²) in [5, 5.41) is 5.54. The molecule has 27 heavy (non-hydrogen) atoms. The lowest BCUT2D eigenvalue weighted by Crippen LogP contribution is -2.48. The minimum Gasteiger partial charge on any atom is -0.324 e. The number of para-hydroxylation sites is 2. The van der Waals surface area contributed by atoms with Gasteiger partial charge < -0.3 is 15.5 Å². The quantitative estimate of drug-likeness (QED) is 0.787. The third kappa shape index (κ3) is 2.85. The smallest absolute Gasteiger partial charge is 0.324 e. The van der Waals surface area contributed by atoms with E-state index in [2.05, 4.69) is 10.6 Å². The summed E-state index contributed by atoms with van der Waals surface area (Å²) >= 11 is 0. The molecule has 4 rings (SSSR count). The Morgan fingerprint density at radius 1 is 1.22 bits per heavy atom. The van der Waals surface area contributed by atoms with Gasteiger partial charge in [0, 0.05) is 12.5 Å². The summed E-state index contributed by atoms with van der Waals surface area (Å²) in [4.78, 5) is 52.8. The Morgan fingerprint density at radius 3 is 2.63 bits per heavy atom. The second kappa shape index (κ2) is 6.07. The Labute approximate surface area is 156 Å². The van der Waals surface area contributed by atoms with Crippen LogP contribution >= 0.6 is 0 Å². The summed E-state index contributed by atoms with van der Waals surface area (Å²) in [6.07, 6.45) is 1.93. The van der Waals surface area contributed by atoms with Crippen molar-refractivity contribution in [2.45, 2.75) is 44.7 Å². The van der Waals surface area contributed by atoms with Gasteiger partial charge in [0.15, 0.2) is 0 Å². The van der Waals surface area contributed by atoms with Crippen LogP contribution in [0.4, 0.5) is 16.2 Å². The molecule has 142 valence electrons. The second-order valence-electron chi connectivity index (χ2n) is 7.68. The maximum atomic E-state index is 13.1. The molecule has 8 heteroatoms. The zero-order valence-electron chi connectivity index (χ0n) is 15.3. The first-order valence-electron chi connectivity index (χ1n) is 9.16. The molecule has 0 bridgehead atoms. The fourth-order valence-corrected chi connectivity index (χ4v) is 3.98. The van der Waals surface area contributed by atoms with Crippen molar-refractivity contribution < 1.29 is 19.2 Å².